The van der Waals surface area contributed by atoms with Gasteiger partial charge in [0.15, 0.2) is 0 Å². The Labute approximate surface area is 118 Å². The van der Waals surface area contributed by atoms with E-state index in [-0.39, 0.29) is 6.67 Å². The summed E-state index contributed by atoms with van der Waals surface area (Å²) < 4.78 is 1.73. The zero-order chi connectivity index (χ0) is 13.8. The first-order valence-electron chi connectivity index (χ1n) is 6.80. The molecule has 5 heteroatoms. The van der Waals surface area contributed by atoms with Crippen molar-refractivity contribution < 1.29 is 0 Å². The van der Waals surface area contributed by atoms with Crippen molar-refractivity contribution >= 4 is 5.69 Å². The van der Waals surface area contributed by atoms with E-state index in [4.69, 9.17) is 6.57 Å². The highest BCUT2D eigenvalue weighted by Gasteiger charge is 2.19. The van der Waals surface area contributed by atoms with Crippen molar-refractivity contribution in [1.29, 1.82) is 0 Å². The summed E-state index contributed by atoms with van der Waals surface area (Å²) in [6.07, 6.45) is 1.99. The third-order valence-corrected chi connectivity index (χ3v) is 3.46. The molecule has 2 aromatic rings. The van der Waals surface area contributed by atoms with Crippen LogP contribution in [0.25, 0.3) is 16.1 Å². The Kier molecular flexibility index (Phi) is 3.66. The molecule has 0 amide bonds. The van der Waals surface area contributed by atoms with Crippen LogP contribution in [-0.2, 0) is 6.67 Å². The van der Waals surface area contributed by atoms with Crippen molar-refractivity contribution in [3.8, 4) is 11.3 Å². The second kappa shape index (κ2) is 5.76. The Bertz CT molecular complexity index is 605. The highest BCUT2D eigenvalue weighted by molar-refractivity contribution is 5.74. The lowest BCUT2D eigenvalue weighted by Crippen LogP contribution is -2.43. The second-order valence-electron chi connectivity index (χ2n) is 4.81. The Balaban J connectivity index is 2.00. The van der Waals surface area contributed by atoms with Crippen molar-refractivity contribution in [3.63, 3.8) is 0 Å². The molecule has 1 aliphatic heterocycles. The summed E-state index contributed by atoms with van der Waals surface area (Å²) in [7, 11) is 0. The van der Waals surface area contributed by atoms with Crippen LogP contribution in [0, 0.1) is 6.57 Å². The monoisotopic (exact) mass is 267 g/mol. The molecule has 1 aromatic carbocycles. The van der Waals surface area contributed by atoms with Crippen LogP contribution in [0.5, 0.6) is 0 Å². The van der Waals surface area contributed by atoms with Crippen molar-refractivity contribution in [3.05, 3.63) is 47.9 Å². The van der Waals surface area contributed by atoms with Crippen molar-refractivity contribution in [2.75, 3.05) is 31.1 Å². The lowest BCUT2D eigenvalue weighted by Gasteiger charge is -2.28. The molecule has 1 saturated heterocycles. The van der Waals surface area contributed by atoms with Crippen LogP contribution < -0.4 is 10.2 Å². The number of nitrogens with zero attached hydrogens (tertiary/aromatic N) is 4. The summed E-state index contributed by atoms with van der Waals surface area (Å²) in [4.78, 5) is 5.76. The molecule has 0 aliphatic carbocycles. The molecule has 0 radical (unpaired) electrons. The first-order valence-corrected chi connectivity index (χ1v) is 6.80. The quantitative estimate of drug-likeness (QED) is 0.862. The summed E-state index contributed by atoms with van der Waals surface area (Å²) in [5, 5.41) is 7.94. The predicted molar refractivity (Wildman–Crippen MR) is 79.3 cm³/mol. The summed E-state index contributed by atoms with van der Waals surface area (Å²) >= 11 is 0. The third-order valence-electron chi connectivity index (χ3n) is 3.46. The summed E-state index contributed by atoms with van der Waals surface area (Å²) in [5.41, 5.74) is 3.20. The summed E-state index contributed by atoms with van der Waals surface area (Å²) in [6.45, 7) is 11.2. The number of hydrogen-bond donors (Lipinski definition) is 1. The molecule has 5 nitrogen and oxygen atoms in total. The number of hydrogen-bond acceptors (Lipinski definition) is 3. The Hall–Kier alpha value is -2.32. The van der Waals surface area contributed by atoms with Gasteiger partial charge in [0.05, 0.1) is 11.9 Å². The van der Waals surface area contributed by atoms with Gasteiger partial charge in [0.25, 0.3) is 0 Å². The molecule has 0 saturated carbocycles. The standard InChI is InChI=1S/C15H17N5/c1-16-12-20-11-14(19-9-7-17-8-10-19)15(18-20)13-5-3-2-4-6-13/h2-6,11,17H,7-10,12H2. The molecular weight excluding hydrogens is 250 g/mol. The van der Waals surface area contributed by atoms with Crippen LogP contribution in [0.1, 0.15) is 0 Å². The van der Waals surface area contributed by atoms with Gasteiger partial charge in [-0.05, 0) is 0 Å². The van der Waals surface area contributed by atoms with Gasteiger partial charge < -0.3 is 10.2 Å². The average molecular weight is 267 g/mol. The minimum Gasteiger partial charge on any atom is -0.366 e. The normalized spacial score (nSPS) is 15.1. The van der Waals surface area contributed by atoms with Gasteiger partial charge in [0.1, 0.15) is 5.69 Å². The topological polar surface area (TPSA) is 37.5 Å². The molecule has 1 aliphatic rings. The van der Waals surface area contributed by atoms with Crippen LogP contribution in [0.15, 0.2) is 36.5 Å². The molecule has 0 atom stereocenters. The van der Waals surface area contributed by atoms with Gasteiger partial charge in [-0.3, -0.25) is 4.85 Å². The minimum atomic E-state index is 0.270. The maximum atomic E-state index is 7.01. The van der Waals surface area contributed by atoms with Gasteiger partial charge in [0.2, 0.25) is 0 Å². The molecule has 0 unspecified atom stereocenters. The van der Waals surface area contributed by atoms with Crippen molar-refractivity contribution in [1.82, 2.24) is 15.1 Å². The number of rotatable bonds is 3. The highest BCUT2D eigenvalue weighted by atomic mass is 15.3. The van der Waals surface area contributed by atoms with Crippen LogP contribution in [0.3, 0.4) is 0 Å². The van der Waals surface area contributed by atoms with Gasteiger partial charge in [-0.25, -0.2) is 6.57 Å². The summed E-state index contributed by atoms with van der Waals surface area (Å²) in [5.74, 6) is 0. The number of piperazine rings is 1. The van der Waals surface area contributed by atoms with E-state index in [0.29, 0.717) is 0 Å². The van der Waals surface area contributed by atoms with Crippen molar-refractivity contribution in [2.45, 2.75) is 6.67 Å². The van der Waals surface area contributed by atoms with E-state index in [9.17, 15) is 0 Å². The van der Waals surface area contributed by atoms with Gasteiger partial charge in [-0.2, -0.15) is 9.78 Å². The number of aromatic nitrogens is 2. The fourth-order valence-electron chi connectivity index (χ4n) is 2.49. The van der Waals surface area contributed by atoms with Gasteiger partial charge in [-0.15, -0.1) is 0 Å². The van der Waals surface area contributed by atoms with E-state index in [1.165, 1.54) is 0 Å². The SMILES string of the molecule is [C-]#[N+]Cn1cc(N2CCNCC2)c(-c2ccccc2)n1. The maximum absolute atomic E-state index is 7.01. The molecular formula is C15H17N5. The van der Waals surface area contributed by atoms with Gasteiger partial charge in [0, 0.05) is 31.7 Å². The molecule has 0 spiro atoms. The fourth-order valence-corrected chi connectivity index (χ4v) is 2.49. The Morgan fingerprint density at radius 1 is 1.20 bits per heavy atom. The van der Waals surface area contributed by atoms with E-state index < -0.39 is 0 Å². The predicted octanol–water partition coefficient (Wildman–Crippen LogP) is 1.84. The molecule has 1 aromatic heterocycles. The Morgan fingerprint density at radius 3 is 2.65 bits per heavy atom. The van der Waals surface area contributed by atoms with Crippen LogP contribution in [0.4, 0.5) is 5.69 Å². The molecule has 2 heterocycles. The zero-order valence-electron chi connectivity index (χ0n) is 11.3. The molecule has 102 valence electrons. The zero-order valence-corrected chi connectivity index (χ0v) is 11.3. The number of benzene rings is 1. The van der Waals surface area contributed by atoms with E-state index in [0.717, 1.165) is 43.1 Å². The van der Waals surface area contributed by atoms with E-state index in [1.54, 1.807) is 4.68 Å². The van der Waals surface area contributed by atoms with E-state index in [1.807, 2.05) is 24.4 Å². The molecule has 0 bridgehead atoms. The maximum Gasteiger partial charge on any atom is 0.307 e. The smallest absolute Gasteiger partial charge is 0.307 e. The highest BCUT2D eigenvalue weighted by Crippen LogP contribution is 2.29. The summed E-state index contributed by atoms with van der Waals surface area (Å²) in [6, 6.07) is 10.2. The fraction of sp³-hybridized carbons (Fsp3) is 0.333. The number of anilines is 1. The van der Waals surface area contributed by atoms with Crippen LogP contribution >= 0.6 is 0 Å². The average Bonchev–Trinajstić information content (AvgIpc) is 2.93. The molecule has 1 N–H and O–H groups in total. The molecule has 20 heavy (non-hydrogen) atoms. The second-order valence-corrected chi connectivity index (χ2v) is 4.81. The molecule has 1 fully saturated rings. The molecule has 3 rings (SSSR count). The lowest BCUT2D eigenvalue weighted by molar-refractivity contribution is 0.589. The van der Waals surface area contributed by atoms with Crippen LogP contribution in [-0.4, -0.2) is 36.0 Å². The Morgan fingerprint density at radius 2 is 1.95 bits per heavy atom. The largest absolute Gasteiger partial charge is 0.366 e. The van der Waals surface area contributed by atoms with Gasteiger partial charge >= 0.3 is 6.67 Å². The first kappa shape index (κ1) is 12.7. The minimum absolute atomic E-state index is 0.270. The third kappa shape index (κ3) is 2.51. The first-order chi connectivity index (χ1) is 9.88. The van der Waals surface area contributed by atoms with Crippen LogP contribution in [0.2, 0.25) is 0 Å². The van der Waals surface area contributed by atoms with Gasteiger partial charge in [-0.1, -0.05) is 30.3 Å². The van der Waals surface area contributed by atoms with E-state index >= 15 is 0 Å². The lowest BCUT2D eigenvalue weighted by atomic mass is 10.1. The number of nitrogens with one attached hydrogen (secondary N) is 1. The van der Waals surface area contributed by atoms with Crippen molar-refractivity contribution in [2.24, 2.45) is 0 Å². The van der Waals surface area contributed by atoms with E-state index in [2.05, 4.69) is 32.3 Å².